The van der Waals surface area contributed by atoms with Crippen molar-refractivity contribution >= 4 is 11.6 Å². The third-order valence-electron chi connectivity index (χ3n) is 5.09. The van der Waals surface area contributed by atoms with E-state index < -0.39 is 0 Å². The highest BCUT2D eigenvalue weighted by molar-refractivity contribution is 5.94. The highest BCUT2D eigenvalue weighted by Gasteiger charge is 2.45. The van der Waals surface area contributed by atoms with Crippen LogP contribution in [0.4, 0.5) is 5.69 Å². The summed E-state index contributed by atoms with van der Waals surface area (Å²) in [4.78, 5) is 14.6. The SMILES string of the molecule is O=C(N[C@@H]1C[C@H]2OCC[C@@H]12)c1ccc(N2CCOCC2)cc1. The second-order valence-electron chi connectivity index (χ2n) is 6.32. The van der Waals surface area contributed by atoms with Crippen molar-refractivity contribution < 1.29 is 14.3 Å². The number of nitrogens with one attached hydrogen (secondary N) is 1. The van der Waals surface area contributed by atoms with E-state index in [1.807, 2.05) is 24.3 Å². The Balaban J connectivity index is 1.36. The van der Waals surface area contributed by atoms with Crippen molar-refractivity contribution in [1.82, 2.24) is 5.32 Å². The molecule has 3 atom stereocenters. The Hall–Kier alpha value is -1.59. The lowest BCUT2D eigenvalue weighted by molar-refractivity contribution is 0.00810. The highest BCUT2D eigenvalue weighted by Crippen LogP contribution is 2.38. The molecule has 0 unspecified atom stereocenters. The van der Waals surface area contributed by atoms with E-state index >= 15 is 0 Å². The Morgan fingerprint density at radius 2 is 1.91 bits per heavy atom. The quantitative estimate of drug-likeness (QED) is 0.918. The summed E-state index contributed by atoms with van der Waals surface area (Å²) in [6.45, 7) is 4.21. The van der Waals surface area contributed by atoms with Gasteiger partial charge in [0, 0.05) is 42.9 Å². The molecule has 1 aliphatic carbocycles. The molecule has 1 aromatic carbocycles. The number of anilines is 1. The Morgan fingerprint density at radius 1 is 1.14 bits per heavy atom. The van der Waals surface area contributed by atoms with Gasteiger partial charge in [-0.2, -0.15) is 0 Å². The molecule has 1 N–H and O–H groups in total. The number of carbonyl (C=O) groups is 1. The van der Waals surface area contributed by atoms with Crippen molar-refractivity contribution in [1.29, 1.82) is 0 Å². The van der Waals surface area contributed by atoms with Crippen molar-refractivity contribution in [2.45, 2.75) is 25.0 Å². The molecule has 5 nitrogen and oxygen atoms in total. The molecular weight excluding hydrogens is 280 g/mol. The molecule has 22 heavy (non-hydrogen) atoms. The number of ether oxygens (including phenoxy) is 2. The van der Waals surface area contributed by atoms with E-state index in [1.54, 1.807) is 0 Å². The largest absolute Gasteiger partial charge is 0.378 e. The number of benzene rings is 1. The highest BCUT2D eigenvalue weighted by atomic mass is 16.5. The molecule has 118 valence electrons. The minimum Gasteiger partial charge on any atom is -0.378 e. The Labute approximate surface area is 130 Å². The first-order valence-electron chi connectivity index (χ1n) is 8.16. The molecule has 0 aromatic heterocycles. The van der Waals surface area contributed by atoms with E-state index in [9.17, 15) is 4.79 Å². The first-order chi connectivity index (χ1) is 10.8. The molecule has 3 fully saturated rings. The molecule has 1 saturated carbocycles. The van der Waals surface area contributed by atoms with Crippen molar-refractivity contribution in [2.24, 2.45) is 5.92 Å². The molecule has 2 heterocycles. The van der Waals surface area contributed by atoms with E-state index in [0.717, 1.165) is 57.0 Å². The molecule has 0 spiro atoms. The maximum atomic E-state index is 12.3. The number of nitrogens with zero attached hydrogens (tertiary/aromatic N) is 1. The first-order valence-corrected chi connectivity index (χ1v) is 8.16. The maximum absolute atomic E-state index is 12.3. The van der Waals surface area contributed by atoms with Gasteiger partial charge >= 0.3 is 0 Å². The lowest BCUT2D eigenvalue weighted by Crippen LogP contribution is -2.53. The molecule has 4 rings (SSSR count). The summed E-state index contributed by atoms with van der Waals surface area (Å²) < 4.78 is 10.9. The van der Waals surface area contributed by atoms with Gasteiger partial charge < -0.3 is 19.7 Å². The van der Waals surface area contributed by atoms with Crippen LogP contribution >= 0.6 is 0 Å². The predicted molar refractivity (Wildman–Crippen MR) is 83.2 cm³/mol. The molecule has 2 saturated heterocycles. The van der Waals surface area contributed by atoms with Crippen LogP contribution in [0.2, 0.25) is 0 Å². The average molecular weight is 302 g/mol. The minimum atomic E-state index is 0.0314. The summed E-state index contributed by atoms with van der Waals surface area (Å²) in [5, 5.41) is 3.15. The van der Waals surface area contributed by atoms with E-state index in [4.69, 9.17) is 9.47 Å². The van der Waals surface area contributed by atoms with Gasteiger partial charge in [-0.25, -0.2) is 0 Å². The first kappa shape index (κ1) is 14.0. The fourth-order valence-corrected chi connectivity index (χ4v) is 3.66. The Morgan fingerprint density at radius 3 is 2.64 bits per heavy atom. The molecule has 1 aromatic rings. The second kappa shape index (κ2) is 5.89. The van der Waals surface area contributed by atoms with E-state index in [-0.39, 0.29) is 5.91 Å². The Bertz CT molecular complexity index is 539. The van der Waals surface area contributed by atoms with Crippen LogP contribution in [0.5, 0.6) is 0 Å². The Kier molecular flexibility index (Phi) is 3.76. The van der Waals surface area contributed by atoms with Gasteiger partial charge in [0.1, 0.15) is 0 Å². The number of hydrogen-bond acceptors (Lipinski definition) is 4. The number of amides is 1. The van der Waals surface area contributed by atoms with Gasteiger partial charge in [-0.3, -0.25) is 4.79 Å². The standard InChI is InChI=1S/C17H22N2O3/c20-17(18-15-11-16-14(15)5-8-22-16)12-1-3-13(4-2-12)19-6-9-21-10-7-19/h1-4,14-16H,5-11H2,(H,18,20)/t14-,15+,16+/m0/s1. The average Bonchev–Trinajstić information content (AvgIpc) is 2.94. The number of rotatable bonds is 3. The van der Waals surface area contributed by atoms with Crippen LogP contribution in [-0.2, 0) is 9.47 Å². The normalized spacial score (nSPS) is 30.5. The van der Waals surface area contributed by atoms with Gasteiger partial charge in [-0.05, 0) is 37.1 Å². The smallest absolute Gasteiger partial charge is 0.251 e. The van der Waals surface area contributed by atoms with Gasteiger partial charge in [0.15, 0.2) is 0 Å². The van der Waals surface area contributed by atoms with Crippen LogP contribution in [0.15, 0.2) is 24.3 Å². The van der Waals surface area contributed by atoms with Crippen LogP contribution in [0.3, 0.4) is 0 Å². The third-order valence-corrected chi connectivity index (χ3v) is 5.09. The van der Waals surface area contributed by atoms with Gasteiger partial charge in [0.25, 0.3) is 5.91 Å². The summed E-state index contributed by atoms with van der Waals surface area (Å²) in [6.07, 6.45) is 2.42. The monoisotopic (exact) mass is 302 g/mol. The molecule has 0 bridgehead atoms. The van der Waals surface area contributed by atoms with Crippen LogP contribution in [0.25, 0.3) is 0 Å². The molecule has 1 amide bonds. The van der Waals surface area contributed by atoms with Gasteiger partial charge in [0.05, 0.1) is 19.3 Å². The van der Waals surface area contributed by atoms with E-state index in [2.05, 4.69) is 10.2 Å². The van der Waals surface area contributed by atoms with Crippen LogP contribution in [0, 0.1) is 5.92 Å². The van der Waals surface area contributed by atoms with Crippen LogP contribution in [0.1, 0.15) is 23.2 Å². The lowest BCUT2D eigenvalue weighted by Gasteiger charge is -2.39. The van der Waals surface area contributed by atoms with Crippen molar-refractivity contribution in [3.8, 4) is 0 Å². The lowest BCUT2D eigenvalue weighted by atomic mass is 9.76. The zero-order valence-corrected chi connectivity index (χ0v) is 12.7. The summed E-state index contributed by atoms with van der Waals surface area (Å²) >= 11 is 0. The zero-order valence-electron chi connectivity index (χ0n) is 12.7. The van der Waals surface area contributed by atoms with Crippen LogP contribution < -0.4 is 10.2 Å². The summed E-state index contributed by atoms with van der Waals surface area (Å²) in [5.41, 5.74) is 1.90. The van der Waals surface area contributed by atoms with Gasteiger partial charge in [0.2, 0.25) is 0 Å². The second-order valence-corrected chi connectivity index (χ2v) is 6.32. The molecule has 3 aliphatic rings. The summed E-state index contributed by atoms with van der Waals surface area (Å²) in [7, 11) is 0. The number of hydrogen-bond donors (Lipinski definition) is 1. The molecular formula is C17H22N2O3. The number of fused-ring (bicyclic) bond motifs is 1. The number of carbonyl (C=O) groups excluding carboxylic acids is 1. The molecule has 5 heteroatoms. The number of morpholine rings is 1. The van der Waals surface area contributed by atoms with E-state index in [1.165, 1.54) is 0 Å². The van der Waals surface area contributed by atoms with Crippen molar-refractivity contribution in [3.05, 3.63) is 29.8 Å². The minimum absolute atomic E-state index is 0.0314. The zero-order chi connectivity index (χ0) is 14.9. The predicted octanol–water partition coefficient (Wildman–Crippen LogP) is 1.43. The fraction of sp³-hybridized carbons (Fsp3) is 0.588. The van der Waals surface area contributed by atoms with Gasteiger partial charge in [-0.15, -0.1) is 0 Å². The van der Waals surface area contributed by atoms with Gasteiger partial charge in [-0.1, -0.05) is 0 Å². The topological polar surface area (TPSA) is 50.8 Å². The molecule has 2 aliphatic heterocycles. The van der Waals surface area contributed by atoms with E-state index in [0.29, 0.717) is 18.1 Å². The third kappa shape index (κ3) is 2.59. The summed E-state index contributed by atoms with van der Waals surface area (Å²) in [5.74, 6) is 0.556. The van der Waals surface area contributed by atoms with Crippen molar-refractivity contribution in [3.63, 3.8) is 0 Å². The summed E-state index contributed by atoms with van der Waals surface area (Å²) in [6, 6.07) is 8.19. The van der Waals surface area contributed by atoms with Crippen molar-refractivity contribution in [2.75, 3.05) is 37.8 Å². The fourth-order valence-electron chi connectivity index (χ4n) is 3.66. The maximum Gasteiger partial charge on any atom is 0.251 e. The van der Waals surface area contributed by atoms with Crippen LogP contribution in [-0.4, -0.2) is 51.0 Å². The molecule has 0 radical (unpaired) electrons.